The van der Waals surface area contributed by atoms with Crippen molar-refractivity contribution in [2.24, 2.45) is 11.7 Å². The predicted molar refractivity (Wildman–Crippen MR) is 97.5 cm³/mol. The lowest BCUT2D eigenvalue weighted by molar-refractivity contribution is -0.121. The molecule has 7 nitrogen and oxygen atoms in total. The van der Waals surface area contributed by atoms with Crippen molar-refractivity contribution in [1.82, 2.24) is 4.72 Å². The van der Waals surface area contributed by atoms with Gasteiger partial charge >= 0.3 is 0 Å². The molecule has 1 aromatic rings. The van der Waals surface area contributed by atoms with Gasteiger partial charge in [-0.05, 0) is 49.9 Å². The minimum Gasteiger partial charge on any atom is -0.381 e. The van der Waals surface area contributed by atoms with E-state index in [0.29, 0.717) is 31.9 Å². The standard InChI is InChI=1S/C16H23N3O4S.ClH/c1-18-24(21,22)13-3-2-11-4-7-19(14(11)10-13)16(20)15(17)12-5-8-23-9-6-12;/h2-3,10,12,15,18H,4-9,17H2,1H3;1H. The molecule has 140 valence electrons. The summed E-state index contributed by atoms with van der Waals surface area (Å²) in [5.74, 6) is -0.0285. The Morgan fingerprint density at radius 2 is 2.04 bits per heavy atom. The van der Waals surface area contributed by atoms with E-state index < -0.39 is 16.1 Å². The fourth-order valence-corrected chi connectivity index (χ4v) is 4.08. The zero-order valence-corrected chi connectivity index (χ0v) is 15.7. The molecular formula is C16H24ClN3O4S. The molecule has 1 atom stereocenters. The average Bonchev–Trinajstić information content (AvgIpc) is 3.04. The zero-order chi connectivity index (χ0) is 17.3. The van der Waals surface area contributed by atoms with Crippen LogP contribution < -0.4 is 15.4 Å². The van der Waals surface area contributed by atoms with Crippen molar-refractivity contribution in [2.45, 2.75) is 30.2 Å². The molecule has 0 spiro atoms. The fourth-order valence-electron chi connectivity index (χ4n) is 3.33. The van der Waals surface area contributed by atoms with Crippen LogP contribution in [0.25, 0.3) is 0 Å². The molecule has 0 aromatic heterocycles. The van der Waals surface area contributed by atoms with Crippen LogP contribution in [0.3, 0.4) is 0 Å². The first-order valence-corrected chi connectivity index (χ1v) is 9.63. The van der Waals surface area contributed by atoms with Gasteiger partial charge in [0.2, 0.25) is 15.9 Å². The number of ether oxygens (including phenoxy) is 1. The molecule has 1 aromatic carbocycles. The van der Waals surface area contributed by atoms with Gasteiger partial charge in [0, 0.05) is 25.4 Å². The number of carbonyl (C=O) groups is 1. The third-order valence-corrected chi connectivity index (χ3v) is 6.27. The minimum atomic E-state index is -3.55. The Labute approximate surface area is 154 Å². The molecule has 0 aliphatic carbocycles. The predicted octanol–water partition coefficient (Wildman–Crippen LogP) is 0.659. The lowest BCUT2D eigenvalue weighted by Gasteiger charge is -2.30. The van der Waals surface area contributed by atoms with Gasteiger partial charge in [0.05, 0.1) is 10.9 Å². The van der Waals surface area contributed by atoms with E-state index >= 15 is 0 Å². The van der Waals surface area contributed by atoms with Gasteiger partial charge < -0.3 is 15.4 Å². The van der Waals surface area contributed by atoms with Gasteiger partial charge in [0.25, 0.3) is 0 Å². The number of fused-ring (bicyclic) bond motifs is 1. The topological polar surface area (TPSA) is 102 Å². The highest BCUT2D eigenvalue weighted by molar-refractivity contribution is 7.89. The number of amides is 1. The van der Waals surface area contributed by atoms with Crippen LogP contribution >= 0.6 is 12.4 Å². The van der Waals surface area contributed by atoms with E-state index in [-0.39, 0.29) is 29.1 Å². The Morgan fingerprint density at radius 3 is 2.68 bits per heavy atom. The summed E-state index contributed by atoms with van der Waals surface area (Å²) in [5.41, 5.74) is 7.82. The molecule has 1 amide bonds. The maximum Gasteiger partial charge on any atom is 0.244 e. The number of nitrogens with two attached hydrogens (primary N) is 1. The van der Waals surface area contributed by atoms with Gasteiger partial charge in [0.15, 0.2) is 0 Å². The third-order valence-electron chi connectivity index (χ3n) is 4.86. The van der Waals surface area contributed by atoms with Gasteiger partial charge in [-0.1, -0.05) is 6.07 Å². The van der Waals surface area contributed by atoms with Gasteiger partial charge in [-0.2, -0.15) is 0 Å². The van der Waals surface area contributed by atoms with E-state index in [2.05, 4.69) is 4.72 Å². The molecule has 25 heavy (non-hydrogen) atoms. The molecule has 1 fully saturated rings. The largest absolute Gasteiger partial charge is 0.381 e. The Kier molecular flexibility index (Phi) is 6.45. The first kappa shape index (κ1) is 20.1. The molecule has 2 heterocycles. The third kappa shape index (κ3) is 3.98. The fraction of sp³-hybridized carbons (Fsp3) is 0.562. The lowest BCUT2D eigenvalue weighted by Crippen LogP contribution is -2.48. The molecule has 0 radical (unpaired) electrons. The van der Waals surface area contributed by atoms with E-state index in [1.165, 1.54) is 7.05 Å². The molecule has 0 saturated carbocycles. The summed E-state index contributed by atoms with van der Waals surface area (Å²) in [6.45, 7) is 1.80. The van der Waals surface area contributed by atoms with Crippen LogP contribution in [0.4, 0.5) is 5.69 Å². The summed E-state index contributed by atoms with van der Waals surface area (Å²) in [5, 5.41) is 0. The number of nitrogens with one attached hydrogen (secondary N) is 1. The van der Waals surface area contributed by atoms with Crippen LogP contribution in [0.15, 0.2) is 23.1 Å². The summed E-state index contributed by atoms with van der Waals surface area (Å²) in [6, 6.07) is 4.32. The highest BCUT2D eigenvalue weighted by atomic mass is 35.5. The molecule has 9 heteroatoms. The summed E-state index contributed by atoms with van der Waals surface area (Å²) >= 11 is 0. The van der Waals surface area contributed by atoms with E-state index in [1.54, 1.807) is 23.1 Å². The van der Waals surface area contributed by atoms with E-state index in [0.717, 1.165) is 18.4 Å². The smallest absolute Gasteiger partial charge is 0.244 e. The maximum atomic E-state index is 12.8. The minimum absolute atomic E-state index is 0. The van der Waals surface area contributed by atoms with Crippen LogP contribution in [0.5, 0.6) is 0 Å². The maximum absolute atomic E-state index is 12.8. The Balaban J connectivity index is 0.00000225. The number of carbonyl (C=O) groups excluding carboxylic acids is 1. The number of hydrogen-bond donors (Lipinski definition) is 2. The number of hydrogen-bond acceptors (Lipinski definition) is 5. The first-order chi connectivity index (χ1) is 11.4. The van der Waals surface area contributed by atoms with Crippen LogP contribution in [0.1, 0.15) is 18.4 Å². The van der Waals surface area contributed by atoms with Crippen molar-refractivity contribution < 1.29 is 17.9 Å². The van der Waals surface area contributed by atoms with E-state index in [4.69, 9.17) is 10.5 Å². The van der Waals surface area contributed by atoms with Crippen LogP contribution in [0.2, 0.25) is 0 Å². The lowest BCUT2D eigenvalue weighted by atomic mass is 9.91. The van der Waals surface area contributed by atoms with Gasteiger partial charge in [0.1, 0.15) is 0 Å². The normalized spacial score (nSPS) is 19.2. The molecule has 1 saturated heterocycles. The molecule has 0 bridgehead atoms. The Morgan fingerprint density at radius 1 is 1.36 bits per heavy atom. The summed E-state index contributed by atoms with van der Waals surface area (Å²) < 4.78 is 31.6. The molecule has 3 N–H and O–H groups in total. The molecule has 1 unspecified atom stereocenters. The molecule has 2 aliphatic rings. The second-order valence-corrected chi connectivity index (χ2v) is 8.10. The van der Waals surface area contributed by atoms with Crippen molar-refractivity contribution in [3.63, 3.8) is 0 Å². The quantitative estimate of drug-likeness (QED) is 0.787. The highest BCUT2D eigenvalue weighted by Crippen LogP contribution is 2.32. The molecule has 3 rings (SSSR count). The van der Waals surface area contributed by atoms with Crippen molar-refractivity contribution >= 4 is 34.0 Å². The van der Waals surface area contributed by atoms with E-state index in [9.17, 15) is 13.2 Å². The van der Waals surface area contributed by atoms with Crippen molar-refractivity contribution in [3.05, 3.63) is 23.8 Å². The summed E-state index contributed by atoms with van der Waals surface area (Å²) in [7, 11) is -2.18. The monoisotopic (exact) mass is 389 g/mol. The molecular weight excluding hydrogens is 366 g/mol. The van der Waals surface area contributed by atoms with Crippen LogP contribution in [-0.2, 0) is 26.0 Å². The number of nitrogens with zero attached hydrogens (tertiary/aromatic N) is 1. The number of anilines is 1. The zero-order valence-electron chi connectivity index (χ0n) is 14.1. The van der Waals surface area contributed by atoms with Gasteiger partial charge in [-0.25, -0.2) is 13.1 Å². The summed E-state index contributed by atoms with van der Waals surface area (Å²) in [4.78, 5) is 14.6. The molecule has 2 aliphatic heterocycles. The van der Waals surface area contributed by atoms with Crippen LogP contribution in [-0.4, -0.2) is 47.2 Å². The van der Waals surface area contributed by atoms with Crippen molar-refractivity contribution in [3.8, 4) is 0 Å². The first-order valence-electron chi connectivity index (χ1n) is 8.15. The Hall–Kier alpha value is -1.19. The number of sulfonamides is 1. The van der Waals surface area contributed by atoms with Crippen LogP contribution in [0, 0.1) is 5.92 Å². The summed E-state index contributed by atoms with van der Waals surface area (Å²) in [6.07, 6.45) is 2.27. The Bertz CT molecular complexity index is 735. The van der Waals surface area contributed by atoms with Gasteiger partial charge in [-0.3, -0.25) is 4.79 Å². The van der Waals surface area contributed by atoms with Crippen molar-refractivity contribution in [2.75, 3.05) is 31.7 Å². The average molecular weight is 390 g/mol. The second-order valence-electron chi connectivity index (χ2n) is 6.21. The second kappa shape index (κ2) is 8.01. The number of rotatable bonds is 4. The number of benzene rings is 1. The van der Waals surface area contributed by atoms with Gasteiger partial charge in [-0.15, -0.1) is 12.4 Å². The highest BCUT2D eigenvalue weighted by Gasteiger charge is 2.34. The van der Waals surface area contributed by atoms with Crippen molar-refractivity contribution in [1.29, 1.82) is 0 Å². The number of halogens is 1. The van der Waals surface area contributed by atoms with E-state index in [1.807, 2.05) is 0 Å². The SMILES string of the molecule is CNS(=O)(=O)c1ccc2c(c1)N(C(=O)C(N)C1CCOCC1)CC2.Cl.